The molecule has 0 unspecified atom stereocenters. The molecule has 1 heteroatoms. The molecule has 1 saturated carbocycles. The predicted molar refractivity (Wildman–Crippen MR) is 103 cm³/mol. The van der Waals surface area contributed by atoms with E-state index in [1.165, 1.54) is 61.6 Å². The summed E-state index contributed by atoms with van der Waals surface area (Å²) in [6.07, 6.45) is 9.39. The summed E-state index contributed by atoms with van der Waals surface area (Å²) in [6.45, 7) is 13.6. The van der Waals surface area contributed by atoms with E-state index < -0.39 is 0 Å². The molecule has 0 spiro atoms. The van der Waals surface area contributed by atoms with E-state index in [1.807, 2.05) is 0 Å². The van der Waals surface area contributed by atoms with Gasteiger partial charge in [0.2, 0.25) is 0 Å². The summed E-state index contributed by atoms with van der Waals surface area (Å²) in [5.74, 6) is 0.792. The van der Waals surface area contributed by atoms with Crippen molar-refractivity contribution in [1.29, 1.82) is 0 Å². The van der Waals surface area contributed by atoms with Gasteiger partial charge in [0.05, 0.1) is 0 Å². The molecule has 0 aliphatic heterocycles. The minimum atomic E-state index is 0.426. The number of nitrogens with zero attached hydrogens (tertiary/aromatic N) is 1. The first-order valence-electron chi connectivity index (χ1n) is 9.70. The lowest BCUT2D eigenvalue weighted by molar-refractivity contribution is 0.248. The van der Waals surface area contributed by atoms with E-state index in [2.05, 4.69) is 56.5 Å². The SMILES string of the molecule is C=C(c1ccc(C2CCCCC2)cc1)[C@H](C)N(CCC)CCC. The quantitative estimate of drug-likeness (QED) is 0.547. The smallest absolute Gasteiger partial charge is 0.0319 e. The number of hydrogen-bond donors (Lipinski definition) is 0. The molecule has 0 amide bonds. The number of hydrogen-bond acceptors (Lipinski definition) is 1. The van der Waals surface area contributed by atoms with Crippen LogP contribution in [0.15, 0.2) is 30.8 Å². The molecular weight excluding hydrogens is 278 g/mol. The lowest BCUT2D eigenvalue weighted by Gasteiger charge is -2.30. The van der Waals surface area contributed by atoms with E-state index in [1.54, 1.807) is 0 Å². The van der Waals surface area contributed by atoms with Crippen LogP contribution >= 0.6 is 0 Å². The van der Waals surface area contributed by atoms with Crippen molar-refractivity contribution >= 4 is 5.57 Å². The van der Waals surface area contributed by atoms with E-state index in [9.17, 15) is 0 Å². The highest BCUT2D eigenvalue weighted by molar-refractivity contribution is 5.67. The van der Waals surface area contributed by atoms with Crippen LogP contribution in [0, 0.1) is 0 Å². The van der Waals surface area contributed by atoms with Gasteiger partial charge in [0.15, 0.2) is 0 Å². The average Bonchev–Trinajstić information content (AvgIpc) is 2.61. The topological polar surface area (TPSA) is 3.24 Å². The Morgan fingerprint density at radius 3 is 2.13 bits per heavy atom. The van der Waals surface area contributed by atoms with Gasteiger partial charge in [-0.2, -0.15) is 0 Å². The van der Waals surface area contributed by atoms with Crippen LogP contribution in [0.4, 0.5) is 0 Å². The van der Waals surface area contributed by atoms with Crippen LogP contribution in [0.25, 0.3) is 5.57 Å². The highest BCUT2D eigenvalue weighted by Gasteiger charge is 2.18. The molecule has 1 fully saturated rings. The fourth-order valence-electron chi connectivity index (χ4n) is 3.94. The van der Waals surface area contributed by atoms with E-state index in [0.29, 0.717) is 6.04 Å². The van der Waals surface area contributed by atoms with Gasteiger partial charge >= 0.3 is 0 Å². The summed E-state index contributed by atoms with van der Waals surface area (Å²) in [4.78, 5) is 2.57. The molecule has 1 aromatic rings. The molecule has 23 heavy (non-hydrogen) atoms. The zero-order valence-corrected chi connectivity index (χ0v) is 15.5. The fraction of sp³-hybridized carbons (Fsp3) is 0.636. The molecule has 0 N–H and O–H groups in total. The number of rotatable bonds is 8. The highest BCUT2D eigenvalue weighted by atomic mass is 15.1. The third-order valence-corrected chi connectivity index (χ3v) is 5.43. The van der Waals surface area contributed by atoms with Gasteiger partial charge in [-0.3, -0.25) is 4.90 Å². The molecule has 1 aliphatic rings. The minimum Gasteiger partial charge on any atom is -0.297 e. The molecule has 0 bridgehead atoms. The number of benzene rings is 1. The fourth-order valence-corrected chi connectivity index (χ4v) is 3.94. The van der Waals surface area contributed by atoms with E-state index >= 15 is 0 Å². The second kappa shape index (κ2) is 9.27. The van der Waals surface area contributed by atoms with Gasteiger partial charge in [-0.15, -0.1) is 0 Å². The average molecular weight is 314 g/mol. The largest absolute Gasteiger partial charge is 0.297 e. The van der Waals surface area contributed by atoms with Gasteiger partial charge in [0, 0.05) is 6.04 Å². The summed E-state index contributed by atoms with van der Waals surface area (Å²) in [5.41, 5.74) is 4.12. The Morgan fingerprint density at radius 1 is 1.04 bits per heavy atom. The monoisotopic (exact) mass is 313 g/mol. The standard InChI is InChI=1S/C22H35N/c1-5-16-23(17-6-2)19(4)18(3)20-12-14-22(15-13-20)21-10-8-7-9-11-21/h12-15,19,21H,3,5-11,16-17H2,1-2,4H3/t19-/m0/s1. The first kappa shape index (κ1) is 18.3. The molecular formula is C22H35N. The molecule has 1 nitrogen and oxygen atoms in total. The zero-order chi connectivity index (χ0) is 16.7. The van der Waals surface area contributed by atoms with Crippen LogP contribution in [-0.2, 0) is 0 Å². The van der Waals surface area contributed by atoms with Crippen molar-refractivity contribution < 1.29 is 0 Å². The molecule has 0 heterocycles. The van der Waals surface area contributed by atoms with Gasteiger partial charge in [0.1, 0.15) is 0 Å². The second-order valence-corrected chi connectivity index (χ2v) is 7.19. The summed E-state index contributed by atoms with van der Waals surface area (Å²) in [5, 5.41) is 0. The zero-order valence-electron chi connectivity index (χ0n) is 15.5. The molecule has 1 aromatic carbocycles. The Hall–Kier alpha value is -1.08. The summed E-state index contributed by atoms with van der Waals surface area (Å²) < 4.78 is 0. The molecule has 0 aromatic heterocycles. The van der Waals surface area contributed by atoms with E-state index in [0.717, 1.165) is 19.0 Å². The van der Waals surface area contributed by atoms with Gasteiger partial charge in [-0.1, -0.05) is 64.0 Å². The second-order valence-electron chi connectivity index (χ2n) is 7.19. The van der Waals surface area contributed by atoms with Gasteiger partial charge in [-0.25, -0.2) is 0 Å². The van der Waals surface area contributed by atoms with Crippen LogP contribution in [0.2, 0.25) is 0 Å². The van der Waals surface area contributed by atoms with Crippen LogP contribution in [-0.4, -0.2) is 24.0 Å². The van der Waals surface area contributed by atoms with Gasteiger partial charge < -0.3 is 0 Å². The lowest BCUT2D eigenvalue weighted by atomic mass is 9.83. The summed E-state index contributed by atoms with van der Waals surface area (Å²) in [7, 11) is 0. The molecule has 1 atom stereocenters. The molecule has 128 valence electrons. The Bertz CT molecular complexity index is 461. The van der Waals surface area contributed by atoms with Gasteiger partial charge in [0.25, 0.3) is 0 Å². The van der Waals surface area contributed by atoms with Crippen LogP contribution in [0.3, 0.4) is 0 Å². The highest BCUT2D eigenvalue weighted by Crippen LogP contribution is 2.33. The maximum atomic E-state index is 4.41. The molecule has 0 saturated heterocycles. The predicted octanol–water partition coefficient (Wildman–Crippen LogP) is 6.26. The summed E-state index contributed by atoms with van der Waals surface area (Å²) >= 11 is 0. The normalized spacial score (nSPS) is 17.4. The lowest BCUT2D eigenvalue weighted by Crippen LogP contribution is -2.35. The minimum absolute atomic E-state index is 0.426. The van der Waals surface area contributed by atoms with Crippen molar-refractivity contribution in [2.45, 2.75) is 77.7 Å². The van der Waals surface area contributed by atoms with Crippen LogP contribution in [0.1, 0.15) is 82.8 Å². The third-order valence-electron chi connectivity index (χ3n) is 5.43. The van der Waals surface area contributed by atoms with Crippen molar-refractivity contribution in [2.75, 3.05) is 13.1 Å². The van der Waals surface area contributed by atoms with Gasteiger partial charge in [-0.05, 0) is 68.3 Å². The molecule has 1 aliphatic carbocycles. The Morgan fingerprint density at radius 2 is 1.61 bits per heavy atom. The van der Waals surface area contributed by atoms with Crippen molar-refractivity contribution in [3.05, 3.63) is 42.0 Å². The van der Waals surface area contributed by atoms with Crippen molar-refractivity contribution in [3.8, 4) is 0 Å². The summed E-state index contributed by atoms with van der Waals surface area (Å²) in [6, 6.07) is 9.74. The first-order valence-corrected chi connectivity index (χ1v) is 9.70. The molecule has 2 rings (SSSR count). The van der Waals surface area contributed by atoms with E-state index in [-0.39, 0.29) is 0 Å². The Balaban J connectivity index is 2.03. The van der Waals surface area contributed by atoms with Crippen LogP contribution in [0.5, 0.6) is 0 Å². The Kier molecular flexibility index (Phi) is 7.36. The van der Waals surface area contributed by atoms with Crippen molar-refractivity contribution in [2.24, 2.45) is 0 Å². The Labute approximate surface area is 143 Å². The first-order chi connectivity index (χ1) is 11.2. The molecule has 0 radical (unpaired) electrons. The van der Waals surface area contributed by atoms with Crippen molar-refractivity contribution in [3.63, 3.8) is 0 Å². The van der Waals surface area contributed by atoms with Crippen LogP contribution < -0.4 is 0 Å². The van der Waals surface area contributed by atoms with E-state index in [4.69, 9.17) is 0 Å². The van der Waals surface area contributed by atoms with Crippen molar-refractivity contribution in [1.82, 2.24) is 4.90 Å². The maximum Gasteiger partial charge on any atom is 0.0319 e. The maximum absolute atomic E-state index is 4.41. The third kappa shape index (κ3) is 4.94.